The minimum atomic E-state index is -3.71. The lowest BCUT2D eigenvalue weighted by Gasteiger charge is -2.30. The Morgan fingerprint density at radius 2 is 1.89 bits per heavy atom. The monoisotopic (exact) mass is 440 g/mol. The summed E-state index contributed by atoms with van der Waals surface area (Å²) in [5, 5.41) is 3.35. The minimum Gasteiger partial charge on any atom is -0.323 e. The number of hydrogen-bond donors (Lipinski definition) is 1. The number of halogens is 1. The zero-order chi connectivity index (χ0) is 20.9. The molecule has 0 heterocycles. The van der Waals surface area contributed by atoms with Crippen molar-refractivity contribution in [2.24, 2.45) is 0 Å². The maximum Gasteiger partial charge on any atom is 0.248 e. The van der Waals surface area contributed by atoms with E-state index in [4.69, 9.17) is 11.6 Å². The number of benzene rings is 2. The fourth-order valence-corrected chi connectivity index (χ4v) is 4.99. The number of carbonyl (C=O) groups excluding carboxylic acids is 1. The van der Waals surface area contributed by atoms with E-state index < -0.39 is 16.1 Å². The summed E-state index contributed by atoms with van der Waals surface area (Å²) < 4.78 is 26.2. The number of anilines is 2. The maximum absolute atomic E-state index is 13.1. The van der Waals surface area contributed by atoms with Crippen molar-refractivity contribution in [1.29, 1.82) is 0 Å². The van der Waals surface area contributed by atoms with Crippen molar-refractivity contribution in [3.8, 4) is 0 Å². The zero-order valence-electron chi connectivity index (χ0n) is 16.4. The normalized spacial score (nSPS) is 12.5. The van der Waals surface area contributed by atoms with Gasteiger partial charge in [-0.2, -0.15) is 0 Å². The Bertz CT molecular complexity index is 948. The number of nitrogens with zero attached hydrogens (tertiary/aromatic N) is 1. The molecule has 5 nitrogen and oxygen atoms in total. The predicted molar refractivity (Wildman–Crippen MR) is 119 cm³/mol. The van der Waals surface area contributed by atoms with Gasteiger partial charge in [-0.3, -0.25) is 9.10 Å². The average molecular weight is 441 g/mol. The summed E-state index contributed by atoms with van der Waals surface area (Å²) in [6.07, 6.45) is 1.41. The van der Waals surface area contributed by atoms with Crippen LogP contribution in [0.1, 0.15) is 25.8 Å². The Morgan fingerprint density at radius 3 is 2.46 bits per heavy atom. The summed E-state index contributed by atoms with van der Waals surface area (Å²) in [5.41, 5.74) is 1.88. The van der Waals surface area contributed by atoms with E-state index in [-0.39, 0.29) is 5.91 Å². The molecule has 0 bridgehead atoms. The first-order chi connectivity index (χ1) is 13.2. The van der Waals surface area contributed by atoms with E-state index in [1.165, 1.54) is 0 Å². The first-order valence-corrected chi connectivity index (χ1v) is 12.2. The van der Waals surface area contributed by atoms with E-state index in [0.717, 1.165) is 26.8 Å². The molecule has 0 unspecified atom stereocenters. The van der Waals surface area contributed by atoms with Crippen LogP contribution in [0, 0.1) is 6.92 Å². The van der Waals surface area contributed by atoms with Crippen molar-refractivity contribution in [2.75, 3.05) is 21.6 Å². The van der Waals surface area contributed by atoms with E-state index in [9.17, 15) is 13.2 Å². The molecule has 0 aliphatic rings. The van der Waals surface area contributed by atoms with Gasteiger partial charge in [-0.15, -0.1) is 11.8 Å². The van der Waals surface area contributed by atoms with Crippen molar-refractivity contribution < 1.29 is 13.2 Å². The van der Waals surface area contributed by atoms with Gasteiger partial charge in [0.2, 0.25) is 15.9 Å². The van der Waals surface area contributed by atoms with Crippen LogP contribution in [0.25, 0.3) is 0 Å². The maximum atomic E-state index is 13.1. The van der Waals surface area contributed by atoms with Crippen LogP contribution in [0.2, 0.25) is 5.02 Å². The Kier molecular flexibility index (Phi) is 7.80. The lowest BCUT2D eigenvalue weighted by Crippen LogP contribution is -2.47. The van der Waals surface area contributed by atoms with Gasteiger partial charge >= 0.3 is 0 Å². The largest absolute Gasteiger partial charge is 0.323 e. The molecule has 28 heavy (non-hydrogen) atoms. The van der Waals surface area contributed by atoms with Gasteiger partial charge in [-0.05, 0) is 48.9 Å². The second-order valence-electron chi connectivity index (χ2n) is 6.33. The summed E-state index contributed by atoms with van der Waals surface area (Å²) in [6.45, 7) is 5.65. The van der Waals surface area contributed by atoms with Crippen LogP contribution in [-0.4, -0.2) is 32.4 Å². The number of amides is 1. The molecule has 1 amide bonds. The number of hydrogen-bond acceptors (Lipinski definition) is 4. The number of para-hydroxylation sites is 1. The summed E-state index contributed by atoms with van der Waals surface area (Å²) in [6, 6.07) is 11.6. The Hall–Kier alpha value is -1.70. The molecule has 0 saturated carbocycles. The highest BCUT2D eigenvalue weighted by atomic mass is 35.5. The topological polar surface area (TPSA) is 66.5 Å². The van der Waals surface area contributed by atoms with Crippen molar-refractivity contribution >= 4 is 50.7 Å². The molecule has 0 aromatic heterocycles. The Morgan fingerprint density at radius 1 is 1.21 bits per heavy atom. The van der Waals surface area contributed by atoms with Crippen LogP contribution in [0.3, 0.4) is 0 Å². The second-order valence-corrected chi connectivity index (χ2v) is 9.91. The van der Waals surface area contributed by atoms with Gasteiger partial charge in [0.15, 0.2) is 0 Å². The summed E-state index contributed by atoms with van der Waals surface area (Å²) >= 11 is 7.81. The molecule has 152 valence electrons. The third-order valence-corrected chi connectivity index (χ3v) is 6.73. The molecular formula is C20H25ClN2O3S2. The van der Waals surface area contributed by atoms with Gasteiger partial charge in [0.1, 0.15) is 6.04 Å². The molecule has 0 aliphatic carbocycles. The van der Waals surface area contributed by atoms with Gasteiger partial charge in [0, 0.05) is 9.92 Å². The molecule has 2 rings (SSSR count). The number of nitrogens with one attached hydrogen (secondary N) is 1. The van der Waals surface area contributed by atoms with Crippen molar-refractivity contribution in [1.82, 2.24) is 0 Å². The Balaban J connectivity index is 2.41. The first-order valence-electron chi connectivity index (χ1n) is 8.97. The van der Waals surface area contributed by atoms with Crippen LogP contribution in [0.4, 0.5) is 11.4 Å². The summed E-state index contributed by atoms with van der Waals surface area (Å²) in [7, 11) is -3.71. The fourth-order valence-electron chi connectivity index (χ4n) is 2.85. The van der Waals surface area contributed by atoms with Gasteiger partial charge in [-0.25, -0.2) is 8.42 Å². The van der Waals surface area contributed by atoms with Crippen molar-refractivity contribution in [3.63, 3.8) is 0 Å². The second kappa shape index (κ2) is 9.67. The molecule has 1 atom stereocenters. The molecule has 8 heteroatoms. The highest BCUT2D eigenvalue weighted by Gasteiger charge is 2.32. The summed E-state index contributed by atoms with van der Waals surface area (Å²) in [4.78, 5) is 14.0. The van der Waals surface area contributed by atoms with Gasteiger partial charge < -0.3 is 5.32 Å². The Labute approximate surface area is 176 Å². The summed E-state index contributed by atoms with van der Waals surface area (Å²) in [5.74, 6) is 0.482. The van der Waals surface area contributed by atoms with Gasteiger partial charge in [0.05, 0.1) is 17.6 Å². The lowest BCUT2D eigenvalue weighted by molar-refractivity contribution is -0.117. The van der Waals surface area contributed by atoms with Crippen LogP contribution >= 0.6 is 23.4 Å². The molecule has 2 aromatic carbocycles. The van der Waals surface area contributed by atoms with E-state index in [1.54, 1.807) is 36.9 Å². The molecule has 1 N–H and O–H groups in total. The highest BCUT2D eigenvalue weighted by Crippen LogP contribution is 2.30. The molecule has 0 spiro atoms. The van der Waals surface area contributed by atoms with Crippen LogP contribution in [0.15, 0.2) is 47.4 Å². The van der Waals surface area contributed by atoms with Crippen LogP contribution in [0.5, 0.6) is 0 Å². The number of aryl methyl sites for hydroxylation is 1. The van der Waals surface area contributed by atoms with Gasteiger partial charge in [-0.1, -0.05) is 43.6 Å². The molecule has 0 radical (unpaired) electrons. The molecule has 0 saturated heterocycles. The van der Waals surface area contributed by atoms with Crippen LogP contribution in [-0.2, 0) is 14.8 Å². The average Bonchev–Trinajstić information content (AvgIpc) is 2.62. The number of thioether (sulfide) groups is 1. The predicted octanol–water partition coefficient (Wildman–Crippen LogP) is 4.94. The van der Waals surface area contributed by atoms with E-state index in [1.807, 2.05) is 38.1 Å². The molecule has 0 fully saturated rings. The first kappa shape index (κ1) is 22.6. The minimum absolute atomic E-state index is 0.313. The standard InChI is InChI=1S/C20H25ClN2O3S2/c1-5-18(20(24)22-17-9-7-8-10-19(17)27-6-2)23(28(4,25)26)15-12-11-14(3)16(21)13-15/h7-13,18H,5-6H2,1-4H3,(H,22,24)/t18-/m1/s1. The third kappa shape index (κ3) is 5.43. The van der Waals surface area contributed by atoms with Crippen molar-refractivity contribution in [2.45, 2.75) is 38.1 Å². The van der Waals surface area contributed by atoms with Crippen molar-refractivity contribution in [3.05, 3.63) is 53.1 Å². The van der Waals surface area contributed by atoms with E-state index in [2.05, 4.69) is 5.32 Å². The third-order valence-electron chi connectivity index (χ3n) is 4.18. The molecule has 2 aromatic rings. The molecule has 0 aliphatic heterocycles. The highest BCUT2D eigenvalue weighted by molar-refractivity contribution is 7.99. The van der Waals surface area contributed by atoms with E-state index in [0.29, 0.717) is 22.8 Å². The number of rotatable bonds is 8. The lowest BCUT2D eigenvalue weighted by atomic mass is 10.1. The fraction of sp³-hybridized carbons (Fsp3) is 0.350. The zero-order valence-corrected chi connectivity index (χ0v) is 18.8. The van der Waals surface area contributed by atoms with Gasteiger partial charge in [0.25, 0.3) is 0 Å². The number of sulfonamides is 1. The smallest absolute Gasteiger partial charge is 0.248 e. The van der Waals surface area contributed by atoms with Crippen LogP contribution < -0.4 is 9.62 Å². The SMILES string of the molecule is CCSc1ccccc1NC(=O)[C@@H](CC)N(c1ccc(C)c(Cl)c1)S(C)(=O)=O. The van der Waals surface area contributed by atoms with E-state index >= 15 is 0 Å². The molecular weight excluding hydrogens is 416 g/mol. The quantitative estimate of drug-likeness (QED) is 0.590. The number of carbonyl (C=O) groups is 1.